The van der Waals surface area contributed by atoms with Gasteiger partial charge in [-0.3, -0.25) is 19.6 Å². The van der Waals surface area contributed by atoms with Crippen LogP contribution in [-0.4, -0.2) is 25.7 Å². The average molecular weight is 736 g/mol. The number of alkyl halides is 3. The molecule has 0 saturated carbocycles. The van der Waals surface area contributed by atoms with E-state index in [4.69, 9.17) is 4.52 Å². The average Bonchev–Trinajstić information content (AvgIpc) is 3.38. The van der Waals surface area contributed by atoms with Crippen molar-refractivity contribution in [1.82, 2.24) is 9.97 Å². The molecule has 8 nitrogen and oxygen atoms in total. The number of aromatic nitrogens is 2. The van der Waals surface area contributed by atoms with Crippen LogP contribution >= 0.6 is 19.2 Å². The van der Waals surface area contributed by atoms with E-state index in [1.807, 2.05) is 0 Å². The number of nitrogens with one attached hydrogen (secondary N) is 1. The van der Waals surface area contributed by atoms with E-state index < -0.39 is 41.6 Å². The molecule has 2 heterocycles. The number of hydrogen-bond acceptors (Lipinski definition) is 6. The van der Waals surface area contributed by atoms with Gasteiger partial charge in [-0.1, -0.05) is 76.3 Å². The van der Waals surface area contributed by atoms with Crippen LogP contribution in [0.4, 0.5) is 23.2 Å². The van der Waals surface area contributed by atoms with E-state index in [-0.39, 0.29) is 40.5 Å². The monoisotopic (exact) mass is 735 g/mol. The number of phosphoric acid groups is 1. The minimum absolute atomic E-state index is 0.0226. The number of carbonyl (C=O) groups excluding carboxylic acids is 1. The van der Waals surface area contributed by atoms with Gasteiger partial charge in [0.1, 0.15) is 16.5 Å². The molecule has 2 aromatic carbocycles. The normalized spacial score (nSPS) is 12.3. The summed E-state index contributed by atoms with van der Waals surface area (Å²) in [5.41, 5.74) is -0.916. The number of thiazole rings is 1. The minimum Gasteiger partial charge on any atom is -0.404 e. The van der Waals surface area contributed by atoms with Gasteiger partial charge in [0.15, 0.2) is 0 Å². The molecule has 2 aromatic heterocycles. The number of anilines is 1. The van der Waals surface area contributed by atoms with E-state index in [1.165, 1.54) is 30.6 Å². The lowest BCUT2D eigenvalue weighted by Gasteiger charge is -2.29. The maximum atomic E-state index is 15.4. The zero-order chi connectivity index (χ0) is 36.9. The predicted octanol–water partition coefficient (Wildman–Crippen LogP) is 10.3. The van der Waals surface area contributed by atoms with Crippen molar-refractivity contribution in [3.05, 3.63) is 81.7 Å². The molecule has 3 N–H and O–H groups in total. The molecule has 0 bridgehead atoms. The van der Waals surface area contributed by atoms with E-state index in [0.29, 0.717) is 40.0 Å². The molecule has 0 aliphatic rings. The second kappa shape index (κ2) is 16.1. The smallest absolute Gasteiger partial charge is 0.404 e. The zero-order valence-corrected chi connectivity index (χ0v) is 30.4. The molecule has 14 heteroatoms. The highest BCUT2D eigenvalue weighted by Crippen LogP contribution is 2.48. The summed E-state index contributed by atoms with van der Waals surface area (Å²) < 4.78 is 77.3. The van der Waals surface area contributed by atoms with Crippen molar-refractivity contribution in [3.63, 3.8) is 0 Å². The minimum atomic E-state index is -4.97. The Morgan fingerprint density at radius 1 is 1.02 bits per heavy atom. The van der Waals surface area contributed by atoms with E-state index in [9.17, 15) is 19.1 Å². The Bertz CT molecular complexity index is 1860. The van der Waals surface area contributed by atoms with Crippen molar-refractivity contribution in [3.8, 4) is 27.6 Å². The van der Waals surface area contributed by atoms with Crippen molar-refractivity contribution in [1.29, 1.82) is 0 Å². The Morgan fingerprint density at radius 2 is 1.72 bits per heavy atom. The standard InChI is InChI=1S/C36H42F4N3O5PS/c1-6-7-8-9-10-11-13-24-15-16-26(29(31(24)36(38,39)40)34-43-32(33(37)50-34)25-14-12-17-41-21-25)42-28(44)20-35(4,5)30-23(3)18-22(2)19-27(30)48-49(45,46)47/h12,14-19,21H,6-11,13,20H2,1-5H3,(H,42,44)(H2,45,46,47). The maximum Gasteiger partial charge on any atom is 0.524 e. The number of pyridine rings is 1. The SMILES string of the molecule is CCCCCCCCc1ccc(NC(=O)CC(C)(C)c2c(C)cc(C)cc2OP(=O)(O)O)c(-c2nc(-c3cccnc3)c(F)s2)c1C(F)(F)F. The molecule has 0 unspecified atom stereocenters. The maximum absolute atomic E-state index is 15.4. The second-order valence-electron chi connectivity index (χ2n) is 13.1. The first-order valence-electron chi connectivity index (χ1n) is 16.4. The molecule has 0 aliphatic carbocycles. The first-order valence-corrected chi connectivity index (χ1v) is 18.7. The number of aryl methyl sites for hydroxylation is 3. The van der Waals surface area contributed by atoms with Gasteiger partial charge in [0.05, 0.1) is 11.3 Å². The molecule has 4 rings (SSSR count). The molecule has 0 aliphatic heterocycles. The Balaban J connectivity index is 1.78. The molecule has 0 fully saturated rings. The third-order valence-electron chi connectivity index (χ3n) is 8.32. The number of benzene rings is 2. The molecule has 0 atom stereocenters. The van der Waals surface area contributed by atoms with Gasteiger partial charge in [0, 0.05) is 40.9 Å². The van der Waals surface area contributed by atoms with Crippen LogP contribution in [0.3, 0.4) is 0 Å². The van der Waals surface area contributed by atoms with Gasteiger partial charge in [-0.2, -0.15) is 17.6 Å². The van der Waals surface area contributed by atoms with Crippen LogP contribution in [-0.2, 0) is 27.4 Å². The lowest BCUT2D eigenvalue weighted by atomic mass is 9.78. The number of rotatable bonds is 15. The van der Waals surface area contributed by atoms with Crippen LogP contribution in [0, 0.1) is 19.0 Å². The van der Waals surface area contributed by atoms with Gasteiger partial charge < -0.3 is 9.84 Å². The van der Waals surface area contributed by atoms with Crippen LogP contribution < -0.4 is 9.84 Å². The molecule has 0 saturated heterocycles. The summed E-state index contributed by atoms with van der Waals surface area (Å²) in [5.74, 6) is -0.784. The van der Waals surface area contributed by atoms with E-state index >= 15 is 17.6 Å². The number of halogens is 4. The summed E-state index contributed by atoms with van der Waals surface area (Å²) in [6, 6.07) is 9.08. The largest absolute Gasteiger partial charge is 0.524 e. The first kappa shape index (κ1) is 39.2. The lowest BCUT2D eigenvalue weighted by Crippen LogP contribution is -2.28. The Morgan fingerprint density at radius 3 is 2.36 bits per heavy atom. The Hall–Kier alpha value is -3.64. The van der Waals surface area contributed by atoms with E-state index in [1.54, 1.807) is 45.9 Å². The molecular formula is C36H42F4N3O5PS. The Labute approximate surface area is 293 Å². The van der Waals surface area contributed by atoms with Gasteiger partial charge in [-0.15, -0.1) is 0 Å². The molecule has 50 heavy (non-hydrogen) atoms. The van der Waals surface area contributed by atoms with Crippen molar-refractivity contribution in [2.45, 2.75) is 97.6 Å². The molecule has 1 amide bonds. The molecule has 0 spiro atoms. The third kappa shape index (κ3) is 9.99. The third-order valence-corrected chi connectivity index (χ3v) is 9.62. The fourth-order valence-electron chi connectivity index (χ4n) is 6.37. The summed E-state index contributed by atoms with van der Waals surface area (Å²) in [7, 11) is -4.97. The fourth-order valence-corrected chi connectivity index (χ4v) is 7.65. The summed E-state index contributed by atoms with van der Waals surface area (Å²) in [6.45, 7) is 8.85. The van der Waals surface area contributed by atoms with E-state index in [0.717, 1.165) is 32.1 Å². The van der Waals surface area contributed by atoms with Crippen molar-refractivity contribution in [2.24, 2.45) is 0 Å². The number of amides is 1. The van der Waals surface area contributed by atoms with Crippen molar-refractivity contribution in [2.75, 3.05) is 5.32 Å². The predicted molar refractivity (Wildman–Crippen MR) is 188 cm³/mol. The van der Waals surface area contributed by atoms with Gasteiger partial charge >= 0.3 is 14.0 Å². The number of hydrogen-bond donors (Lipinski definition) is 3. The van der Waals surface area contributed by atoms with Crippen molar-refractivity contribution < 1.29 is 41.2 Å². The second-order valence-corrected chi connectivity index (χ2v) is 15.2. The molecule has 270 valence electrons. The summed E-state index contributed by atoms with van der Waals surface area (Å²) in [4.78, 5) is 41.1. The lowest BCUT2D eigenvalue weighted by molar-refractivity contribution is -0.137. The van der Waals surface area contributed by atoms with Gasteiger partial charge in [0.2, 0.25) is 11.0 Å². The topological polar surface area (TPSA) is 122 Å². The quantitative estimate of drug-likeness (QED) is 0.0631. The number of unbranched alkanes of at least 4 members (excludes halogenated alkanes) is 5. The molecular weight excluding hydrogens is 693 g/mol. The van der Waals surface area contributed by atoms with Crippen LogP contribution in [0.15, 0.2) is 48.8 Å². The molecule has 0 radical (unpaired) electrons. The van der Waals surface area contributed by atoms with Gasteiger partial charge in [-0.25, -0.2) is 9.55 Å². The van der Waals surface area contributed by atoms with Crippen LogP contribution in [0.5, 0.6) is 5.75 Å². The van der Waals surface area contributed by atoms with Crippen LogP contribution in [0.2, 0.25) is 0 Å². The van der Waals surface area contributed by atoms with Gasteiger partial charge in [-0.05, 0) is 67.6 Å². The number of nitrogens with zero attached hydrogens (tertiary/aromatic N) is 2. The molecule has 4 aromatic rings. The first-order chi connectivity index (χ1) is 23.4. The highest BCUT2D eigenvalue weighted by Gasteiger charge is 2.39. The van der Waals surface area contributed by atoms with Crippen molar-refractivity contribution >= 4 is 30.8 Å². The summed E-state index contributed by atoms with van der Waals surface area (Å²) in [6.07, 6.45) is 3.09. The summed E-state index contributed by atoms with van der Waals surface area (Å²) >= 11 is 0.453. The zero-order valence-electron chi connectivity index (χ0n) is 28.7. The summed E-state index contributed by atoms with van der Waals surface area (Å²) in [5, 5.41) is 1.58. The Kier molecular flexibility index (Phi) is 12.6. The fraction of sp³-hybridized carbons (Fsp3) is 0.417. The number of phosphoric ester groups is 1. The van der Waals surface area contributed by atoms with Crippen LogP contribution in [0.25, 0.3) is 21.8 Å². The highest BCUT2D eigenvalue weighted by atomic mass is 32.1. The highest BCUT2D eigenvalue weighted by molar-refractivity contribution is 7.46. The number of carbonyl (C=O) groups is 1. The van der Waals surface area contributed by atoms with Crippen LogP contribution in [0.1, 0.15) is 93.5 Å². The van der Waals surface area contributed by atoms with E-state index in [2.05, 4.69) is 22.2 Å². The van der Waals surface area contributed by atoms with Gasteiger partial charge in [0.25, 0.3) is 0 Å².